The highest BCUT2D eigenvalue weighted by Gasteiger charge is 1.94. The van der Waals surface area contributed by atoms with E-state index in [-0.39, 0.29) is 5.97 Å². The first-order chi connectivity index (χ1) is 6.81. The molecule has 0 saturated carbocycles. The molecule has 0 aliphatic heterocycles. The van der Waals surface area contributed by atoms with Crippen molar-refractivity contribution in [3.05, 3.63) is 12.7 Å². The first-order valence-corrected chi connectivity index (χ1v) is 5.60. The van der Waals surface area contributed by atoms with Gasteiger partial charge in [-0.3, -0.25) is 0 Å². The van der Waals surface area contributed by atoms with Crippen molar-refractivity contribution < 1.29 is 9.53 Å². The van der Waals surface area contributed by atoms with Gasteiger partial charge in [0.15, 0.2) is 0 Å². The Bertz CT molecular complexity index is 152. The van der Waals surface area contributed by atoms with Gasteiger partial charge in [-0.05, 0) is 6.42 Å². The zero-order chi connectivity index (χ0) is 10.6. The fourth-order valence-corrected chi connectivity index (χ4v) is 1.29. The van der Waals surface area contributed by atoms with Crippen LogP contribution in [0.15, 0.2) is 12.7 Å². The summed E-state index contributed by atoms with van der Waals surface area (Å²) in [6, 6.07) is 0. The highest BCUT2D eigenvalue weighted by molar-refractivity contribution is 5.81. The van der Waals surface area contributed by atoms with E-state index < -0.39 is 0 Å². The van der Waals surface area contributed by atoms with E-state index in [1.54, 1.807) is 0 Å². The minimum atomic E-state index is -0.309. The molecular weight excluding hydrogens is 176 g/mol. The lowest BCUT2D eigenvalue weighted by Gasteiger charge is -2.01. The molecule has 0 aromatic carbocycles. The fourth-order valence-electron chi connectivity index (χ4n) is 1.29. The number of unbranched alkanes of at least 4 members (excludes halogenated alkanes) is 6. The summed E-state index contributed by atoms with van der Waals surface area (Å²) < 4.78 is 4.86. The molecule has 0 aromatic heterocycles. The largest absolute Gasteiger partial charge is 0.463 e. The van der Waals surface area contributed by atoms with Crippen LogP contribution in [0.5, 0.6) is 0 Å². The van der Waals surface area contributed by atoms with Crippen LogP contribution in [-0.2, 0) is 9.53 Å². The second-order valence-electron chi connectivity index (χ2n) is 3.49. The molecule has 82 valence electrons. The lowest BCUT2D eigenvalue weighted by Crippen LogP contribution is -2.01. The predicted molar refractivity (Wildman–Crippen MR) is 59.1 cm³/mol. The van der Waals surface area contributed by atoms with Gasteiger partial charge in [-0.15, -0.1) is 0 Å². The van der Waals surface area contributed by atoms with Crippen molar-refractivity contribution in [1.82, 2.24) is 0 Å². The molecule has 0 N–H and O–H groups in total. The topological polar surface area (TPSA) is 26.3 Å². The minimum absolute atomic E-state index is 0.309. The number of esters is 1. The van der Waals surface area contributed by atoms with E-state index in [0.29, 0.717) is 6.61 Å². The highest BCUT2D eigenvalue weighted by atomic mass is 16.5. The van der Waals surface area contributed by atoms with Gasteiger partial charge in [-0.2, -0.15) is 0 Å². The number of ether oxygens (including phenoxy) is 1. The van der Waals surface area contributed by atoms with Gasteiger partial charge < -0.3 is 4.74 Å². The maximum absolute atomic E-state index is 10.6. The normalized spacial score (nSPS) is 9.79. The third-order valence-corrected chi connectivity index (χ3v) is 2.16. The minimum Gasteiger partial charge on any atom is -0.463 e. The van der Waals surface area contributed by atoms with Crippen molar-refractivity contribution in [3.63, 3.8) is 0 Å². The van der Waals surface area contributed by atoms with Crippen molar-refractivity contribution in [1.29, 1.82) is 0 Å². The van der Waals surface area contributed by atoms with Gasteiger partial charge in [0, 0.05) is 6.08 Å². The maximum Gasteiger partial charge on any atom is 0.330 e. The van der Waals surface area contributed by atoms with Gasteiger partial charge in [-0.1, -0.05) is 52.0 Å². The average molecular weight is 198 g/mol. The van der Waals surface area contributed by atoms with Crippen LogP contribution in [0.4, 0.5) is 0 Å². The van der Waals surface area contributed by atoms with Crippen LogP contribution in [-0.4, -0.2) is 12.6 Å². The molecule has 0 heterocycles. The van der Waals surface area contributed by atoms with Crippen LogP contribution < -0.4 is 0 Å². The molecule has 0 aliphatic rings. The van der Waals surface area contributed by atoms with Crippen molar-refractivity contribution in [2.45, 2.75) is 51.9 Å². The van der Waals surface area contributed by atoms with E-state index in [1.807, 2.05) is 0 Å². The van der Waals surface area contributed by atoms with Gasteiger partial charge in [0.25, 0.3) is 0 Å². The second-order valence-corrected chi connectivity index (χ2v) is 3.49. The monoisotopic (exact) mass is 198 g/mol. The van der Waals surface area contributed by atoms with Crippen LogP contribution in [0.25, 0.3) is 0 Å². The van der Waals surface area contributed by atoms with Crippen LogP contribution >= 0.6 is 0 Å². The average Bonchev–Trinajstić information content (AvgIpc) is 2.21. The molecule has 0 saturated heterocycles. The summed E-state index contributed by atoms with van der Waals surface area (Å²) in [5.74, 6) is -0.309. The summed E-state index contributed by atoms with van der Waals surface area (Å²) in [6.45, 7) is 6.09. The van der Waals surface area contributed by atoms with Gasteiger partial charge in [0.1, 0.15) is 0 Å². The quantitative estimate of drug-likeness (QED) is 0.322. The maximum atomic E-state index is 10.6. The zero-order valence-corrected chi connectivity index (χ0v) is 9.26. The van der Waals surface area contributed by atoms with Crippen molar-refractivity contribution in [2.24, 2.45) is 0 Å². The summed E-state index contributed by atoms with van der Waals surface area (Å²) in [6.07, 6.45) is 9.88. The summed E-state index contributed by atoms with van der Waals surface area (Å²) >= 11 is 0. The van der Waals surface area contributed by atoms with Gasteiger partial charge in [-0.25, -0.2) is 4.79 Å². The molecule has 0 amide bonds. The molecule has 0 spiro atoms. The molecule has 0 aliphatic carbocycles. The van der Waals surface area contributed by atoms with Crippen LogP contribution in [0, 0.1) is 0 Å². The molecule has 2 nitrogen and oxygen atoms in total. The molecular formula is C12H22O2. The van der Waals surface area contributed by atoms with Crippen molar-refractivity contribution in [3.8, 4) is 0 Å². The summed E-state index contributed by atoms with van der Waals surface area (Å²) in [5.41, 5.74) is 0. The number of hydrogen-bond acceptors (Lipinski definition) is 2. The second kappa shape index (κ2) is 10.3. The predicted octanol–water partition coefficient (Wildman–Crippen LogP) is 3.47. The Morgan fingerprint density at radius 3 is 2.29 bits per heavy atom. The summed E-state index contributed by atoms with van der Waals surface area (Å²) in [4.78, 5) is 10.6. The Morgan fingerprint density at radius 2 is 1.71 bits per heavy atom. The number of hydrogen-bond donors (Lipinski definition) is 0. The lowest BCUT2D eigenvalue weighted by atomic mass is 10.1. The third kappa shape index (κ3) is 9.30. The van der Waals surface area contributed by atoms with E-state index in [2.05, 4.69) is 13.5 Å². The smallest absolute Gasteiger partial charge is 0.330 e. The van der Waals surface area contributed by atoms with Crippen LogP contribution in [0.3, 0.4) is 0 Å². The summed E-state index contributed by atoms with van der Waals surface area (Å²) in [7, 11) is 0. The van der Waals surface area contributed by atoms with Gasteiger partial charge in [0.05, 0.1) is 6.61 Å². The van der Waals surface area contributed by atoms with Crippen LogP contribution in [0.2, 0.25) is 0 Å². The molecule has 0 fully saturated rings. The van der Waals surface area contributed by atoms with Gasteiger partial charge >= 0.3 is 5.97 Å². The van der Waals surface area contributed by atoms with Crippen molar-refractivity contribution in [2.75, 3.05) is 6.61 Å². The Balaban J connectivity index is 2.99. The van der Waals surface area contributed by atoms with E-state index in [9.17, 15) is 4.79 Å². The Morgan fingerprint density at radius 1 is 1.14 bits per heavy atom. The molecule has 0 aromatic rings. The van der Waals surface area contributed by atoms with Crippen molar-refractivity contribution >= 4 is 5.97 Å². The lowest BCUT2D eigenvalue weighted by molar-refractivity contribution is -0.137. The molecule has 0 bridgehead atoms. The molecule has 0 radical (unpaired) electrons. The molecule has 0 atom stereocenters. The molecule has 14 heavy (non-hydrogen) atoms. The van der Waals surface area contributed by atoms with E-state index in [0.717, 1.165) is 12.8 Å². The van der Waals surface area contributed by atoms with Crippen LogP contribution in [0.1, 0.15) is 51.9 Å². The third-order valence-electron chi connectivity index (χ3n) is 2.16. The highest BCUT2D eigenvalue weighted by Crippen LogP contribution is 2.06. The molecule has 0 rings (SSSR count). The first kappa shape index (κ1) is 13.2. The van der Waals surface area contributed by atoms with E-state index in [1.165, 1.54) is 38.2 Å². The standard InChI is InChI=1S/C12H22O2/c1-3-5-6-7-8-9-10-11-14-12(13)4-2/h4H,2-3,5-11H2,1H3. The fraction of sp³-hybridized carbons (Fsp3) is 0.750. The molecule has 2 heteroatoms. The Kier molecular flexibility index (Phi) is 9.71. The Hall–Kier alpha value is -0.790. The number of rotatable bonds is 9. The number of carbonyl (C=O) groups is 1. The Labute approximate surface area is 87.3 Å². The van der Waals surface area contributed by atoms with E-state index in [4.69, 9.17) is 4.74 Å². The first-order valence-electron chi connectivity index (χ1n) is 5.60. The SMILES string of the molecule is C=CC(=O)OCCCCCCCCC. The number of carbonyl (C=O) groups excluding carboxylic acids is 1. The van der Waals surface area contributed by atoms with Gasteiger partial charge in [0.2, 0.25) is 0 Å². The van der Waals surface area contributed by atoms with E-state index >= 15 is 0 Å². The zero-order valence-electron chi connectivity index (χ0n) is 9.26. The summed E-state index contributed by atoms with van der Waals surface area (Å²) in [5, 5.41) is 0. The molecule has 0 unspecified atom stereocenters.